The molecule has 1 aliphatic carbocycles. The van der Waals surface area contributed by atoms with Gasteiger partial charge in [0.25, 0.3) is 0 Å². The topological polar surface area (TPSA) is 84.1 Å². The number of H-pyrrole nitrogens is 1. The summed E-state index contributed by atoms with van der Waals surface area (Å²) < 4.78 is 5.21. The highest BCUT2D eigenvalue weighted by Gasteiger charge is 2.35. The van der Waals surface area contributed by atoms with Gasteiger partial charge in [-0.3, -0.25) is 14.7 Å². The molecule has 0 atom stereocenters. The number of anilines is 1. The first-order valence-corrected chi connectivity index (χ1v) is 10.4. The standard InChI is InChI=1S/C25H18ClN3O3/c1-32-16-11-9-14(10-12-16)23-22-24(29-28-23)17-6-4-8-19(21(17)25(22)31)27-20(30)13-15-5-2-3-7-18(15)26/h2-12H,13H2,1H3,(H,27,30)(H,28,29). The average Bonchev–Trinajstić information content (AvgIpc) is 3.36. The van der Waals surface area contributed by atoms with Crippen LogP contribution in [0.25, 0.3) is 22.5 Å². The summed E-state index contributed by atoms with van der Waals surface area (Å²) in [4.78, 5) is 26.1. The van der Waals surface area contributed by atoms with Gasteiger partial charge in [-0.15, -0.1) is 0 Å². The number of nitrogens with zero attached hydrogens (tertiary/aromatic N) is 1. The molecule has 32 heavy (non-hydrogen) atoms. The van der Waals surface area contributed by atoms with Crippen molar-refractivity contribution in [3.05, 3.63) is 88.4 Å². The van der Waals surface area contributed by atoms with E-state index in [9.17, 15) is 9.59 Å². The number of nitrogens with one attached hydrogen (secondary N) is 2. The molecular weight excluding hydrogens is 426 g/mol. The smallest absolute Gasteiger partial charge is 0.228 e. The van der Waals surface area contributed by atoms with Crippen LogP contribution in [0, 0.1) is 0 Å². The van der Waals surface area contributed by atoms with Crippen LogP contribution in [0.4, 0.5) is 5.69 Å². The van der Waals surface area contributed by atoms with Crippen LogP contribution in [0.1, 0.15) is 21.5 Å². The summed E-state index contributed by atoms with van der Waals surface area (Å²) in [5.74, 6) is 0.297. The van der Waals surface area contributed by atoms with Crippen LogP contribution in [-0.4, -0.2) is 29.0 Å². The Labute approximate surface area is 189 Å². The molecule has 6 nitrogen and oxygen atoms in total. The third-order valence-electron chi connectivity index (χ3n) is 5.50. The molecule has 0 spiro atoms. The number of fused-ring (bicyclic) bond motifs is 3. The van der Waals surface area contributed by atoms with Crippen LogP contribution in [0.15, 0.2) is 66.7 Å². The molecule has 0 unspecified atom stereocenters. The Morgan fingerprint density at radius 1 is 1.03 bits per heavy atom. The van der Waals surface area contributed by atoms with Crippen LogP contribution in [0.2, 0.25) is 5.02 Å². The highest BCUT2D eigenvalue weighted by molar-refractivity contribution is 6.31. The minimum Gasteiger partial charge on any atom is -0.497 e. The molecule has 3 aromatic carbocycles. The van der Waals surface area contributed by atoms with Crippen LogP contribution in [-0.2, 0) is 11.2 Å². The summed E-state index contributed by atoms with van der Waals surface area (Å²) in [6, 6.07) is 19.9. The summed E-state index contributed by atoms with van der Waals surface area (Å²) in [7, 11) is 1.60. The summed E-state index contributed by atoms with van der Waals surface area (Å²) >= 11 is 6.18. The molecule has 0 saturated heterocycles. The van der Waals surface area contributed by atoms with Crippen LogP contribution >= 0.6 is 11.6 Å². The first-order valence-electron chi connectivity index (χ1n) is 10.0. The lowest BCUT2D eigenvalue weighted by Crippen LogP contribution is -2.16. The number of hydrogen-bond donors (Lipinski definition) is 2. The minimum atomic E-state index is -0.247. The molecule has 0 aliphatic heterocycles. The Hall–Kier alpha value is -3.90. The molecule has 1 heterocycles. The number of aromatic nitrogens is 2. The van der Waals surface area contributed by atoms with Crippen molar-refractivity contribution in [1.82, 2.24) is 10.2 Å². The largest absolute Gasteiger partial charge is 0.497 e. The van der Waals surface area contributed by atoms with Gasteiger partial charge < -0.3 is 10.1 Å². The van der Waals surface area contributed by atoms with Crippen LogP contribution in [0.5, 0.6) is 5.75 Å². The lowest BCUT2D eigenvalue weighted by atomic mass is 10.0. The normalized spacial score (nSPS) is 11.8. The van der Waals surface area contributed by atoms with Crippen molar-refractivity contribution in [2.24, 2.45) is 0 Å². The Morgan fingerprint density at radius 2 is 1.81 bits per heavy atom. The number of amides is 1. The molecule has 2 N–H and O–H groups in total. The lowest BCUT2D eigenvalue weighted by molar-refractivity contribution is -0.115. The summed E-state index contributed by atoms with van der Waals surface area (Å²) in [5, 5.41) is 10.8. The Kier molecular flexibility index (Phi) is 4.99. The highest BCUT2D eigenvalue weighted by Crippen LogP contribution is 2.43. The second-order valence-electron chi connectivity index (χ2n) is 7.42. The quantitative estimate of drug-likeness (QED) is 0.394. The van der Waals surface area contributed by atoms with Gasteiger partial charge in [0.1, 0.15) is 11.4 Å². The van der Waals surface area contributed by atoms with E-state index in [1.165, 1.54) is 0 Å². The van der Waals surface area contributed by atoms with Crippen molar-refractivity contribution in [3.8, 4) is 28.3 Å². The van der Waals surface area contributed by atoms with E-state index in [1.807, 2.05) is 42.5 Å². The predicted molar refractivity (Wildman–Crippen MR) is 123 cm³/mol. The SMILES string of the molecule is COc1ccc(-c2n[nH]c3c2C(=O)c2c(NC(=O)Cc4ccccc4Cl)cccc2-3)cc1. The first-order chi connectivity index (χ1) is 15.6. The van der Waals surface area contributed by atoms with Crippen molar-refractivity contribution in [1.29, 1.82) is 0 Å². The van der Waals surface area contributed by atoms with E-state index in [-0.39, 0.29) is 18.1 Å². The zero-order chi connectivity index (χ0) is 22.2. The van der Waals surface area contributed by atoms with E-state index in [1.54, 1.807) is 31.4 Å². The molecule has 4 aromatic rings. The van der Waals surface area contributed by atoms with Crippen LogP contribution < -0.4 is 10.1 Å². The van der Waals surface area contributed by atoms with Crippen molar-refractivity contribution >= 4 is 29.0 Å². The van der Waals surface area contributed by atoms with Crippen LogP contribution in [0.3, 0.4) is 0 Å². The third-order valence-corrected chi connectivity index (χ3v) is 5.87. The lowest BCUT2D eigenvalue weighted by Gasteiger charge is -2.10. The summed E-state index contributed by atoms with van der Waals surface area (Å²) in [6.07, 6.45) is 0.113. The molecular formula is C25H18ClN3O3. The van der Waals surface area contributed by atoms with E-state index in [0.717, 1.165) is 16.9 Å². The summed E-state index contributed by atoms with van der Waals surface area (Å²) in [5.41, 5.74) is 4.88. The minimum absolute atomic E-state index is 0.113. The number of halogens is 1. The van der Waals surface area contributed by atoms with Gasteiger partial charge in [-0.25, -0.2) is 0 Å². The maximum Gasteiger partial charge on any atom is 0.228 e. The van der Waals surface area contributed by atoms with Gasteiger partial charge in [0.05, 0.1) is 36.0 Å². The molecule has 7 heteroatoms. The highest BCUT2D eigenvalue weighted by atomic mass is 35.5. The molecule has 1 amide bonds. The van der Waals surface area contributed by atoms with Crippen molar-refractivity contribution < 1.29 is 14.3 Å². The summed E-state index contributed by atoms with van der Waals surface area (Å²) in [6.45, 7) is 0. The zero-order valence-corrected chi connectivity index (χ0v) is 17.9. The number of hydrogen-bond acceptors (Lipinski definition) is 4. The van der Waals surface area contributed by atoms with Gasteiger partial charge in [-0.1, -0.05) is 41.9 Å². The molecule has 0 saturated carbocycles. The van der Waals surface area contributed by atoms with Gasteiger partial charge in [-0.05, 0) is 42.0 Å². The number of carbonyl (C=O) groups is 2. The maximum atomic E-state index is 13.4. The fourth-order valence-corrected chi connectivity index (χ4v) is 4.16. The number of rotatable bonds is 5. The molecule has 0 radical (unpaired) electrons. The number of aromatic amines is 1. The molecule has 158 valence electrons. The Bertz CT molecular complexity index is 1360. The van der Waals surface area contributed by atoms with Crippen molar-refractivity contribution in [3.63, 3.8) is 0 Å². The number of methoxy groups -OCH3 is 1. The molecule has 0 bridgehead atoms. The molecule has 5 rings (SSSR count). The number of carbonyl (C=O) groups excluding carboxylic acids is 2. The van der Waals surface area contributed by atoms with Gasteiger partial charge in [0, 0.05) is 16.1 Å². The monoisotopic (exact) mass is 443 g/mol. The average molecular weight is 444 g/mol. The van der Waals surface area contributed by atoms with Gasteiger partial charge in [0.15, 0.2) is 5.78 Å². The van der Waals surface area contributed by atoms with Crippen molar-refractivity contribution in [2.75, 3.05) is 12.4 Å². The number of ketones is 1. The zero-order valence-electron chi connectivity index (χ0n) is 17.1. The van der Waals surface area contributed by atoms with Gasteiger partial charge in [-0.2, -0.15) is 5.10 Å². The fourth-order valence-electron chi connectivity index (χ4n) is 3.96. The van der Waals surface area contributed by atoms with E-state index in [4.69, 9.17) is 16.3 Å². The molecule has 1 aliphatic rings. The van der Waals surface area contributed by atoms with Gasteiger partial charge >= 0.3 is 0 Å². The predicted octanol–water partition coefficient (Wildman–Crippen LogP) is 5.13. The second kappa shape index (κ2) is 7.98. The molecule has 0 fully saturated rings. The Balaban J connectivity index is 1.46. The fraction of sp³-hybridized carbons (Fsp3) is 0.0800. The second-order valence-corrected chi connectivity index (χ2v) is 7.83. The number of benzene rings is 3. The van der Waals surface area contributed by atoms with E-state index in [2.05, 4.69) is 15.5 Å². The maximum absolute atomic E-state index is 13.4. The van der Waals surface area contributed by atoms with Crippen molar-refractivity contribution in [2.45, 2.75) is 6.42 Å². The van der Waals surface area contributed by atoms with Gasteiger partial charge in [0.2, 0.25) is 5.91 Å². The number of ether oxygens (including phenoxy) is 1. The Morgan fingerprint density at radius 3 is 2.56 bits per heavy atom. The third kappa shape index (κ3) is 3.35. The first kappa shape index (κ1) is 20.0. The van der Waals surface area contributed by atoms with E-state index >= 15 is 0 Å². The van der Waals surface area contributed by atoms with E-state index < -0.39 is 0 Å². The van der Waals surface area contributed by atoms with E-state index in [0.29, 0.717) is 38.8 Å². The molecule has 1 aromatic heterocycles.